The second-order valence-electron chi connectivity index (χ2n) is 1.37. The van der Waals surface area contributed by atoms with Crippen LogP contribution in [0.2, 0.25) is 0 Å². The van der Waals surface area contributed by atoms with Crippen LogP contribution in [0.15, 0.2) is 18.6 Å². The molecule has 0 aliphatic heterocycles. The largest absolute Gasteiger partial charge is 0.338 e. The van der Waals surface area contributed by atoms with Crippen LogP contribution in [-0.2, 0) is 0 Å². The smallest absolute Gasteiger partial charge is 0.162 e. The lowest BCUT2D eigenvalue weighted by Crippen LogP contribution is -2.25. The molecule has 4 nitrogen and oxygen atoms in total. The number of hydrogen-bond donors (Lipinski definition) is 2. The Kier molecular flexibility index (Phi) is 0.997. The highest BCUT2D eigenvalue weighted by Gasteiger charge is 1.77. The van der Waals surface area contributed by atoms with Crippen molar-refractivity contribution in [2.24, 2.45) is 0 Å². The topological polar surface area (TPSA) is 67.7 Å². The maximum absolute atomic E-state index is 7.00. The molecule has 1 rings (SSSR count). The zero-order valence-electron chi connectivity index (χ0n) is 4.20. The molecule has 0 amide bonds. The third-order valence-corrected chi connectivity index (χ3v) is 0.788. The van der Waals surface area contributed by atoms with E-state index >= 15 is 0 Å². The first kappa shape index (κ1) is 4.83. The van der Waals surface area contributed by atoms with Gasteiger partial charge in [-0.25, -0.2) is 0 Å². The highest BCUT2D eigenvalue weighted by molar-refractivity contribution is 4.75. The molecule has 4 heteroatoms. The Morgan fingerprint density at radius 3 is 2.88 bits per heavy atom. The van der Waals surface area contributed by atoms with Gasteiger partial charge in [0.15, 0.2) is 5.49 Å². The molecular weight excluding hydrogens is 104 g/mol. The number of nitrogens with one attached hydrogen (secondary N) is 1. The van der Waals surface area contributed by atoms with E-state index in [4.69, 9.17) is 11.3 Å². The second kappa shape index (κ2) is 1.65. The van der Waals surface area contributed by atoms with E-state index < -0.39 is 0 Å². The second-order valence-corrected chi connectivity index (χ2v) is 1.37. The maximum Gasteiger partial charge on any atom is 0.162 e. The van der Waals surface area contributed by atoms with E-state index in [1.807, 2.05) is 0 Å². The van der Waals surface area contributed by atoms with Crippen molar-refractivity contribution in [3.8, 4) is 0 Å². The third-order valence-electron chi connectivity index (χ3n) is 0.788. The normalized spacial score (nSPS) is 9.00. The lowest BCUT2D eigenvalue weighted by atomic mass is 10.7. The standard InChI is InChI=1S/C4H6N4/c5-4-3-7-1-2-8(4)6/h1-3,5H,6H2. The highest BCUT2D eigenvalue weighted by atomic mass is 15.3. The van der Waals surface area contributed by atoms with Gasteiger partial charge >= 0.3 is 0 Å². The molecule has 0 saturated carbocycles. The highest BCUT2D eigenvalue weighted by Crippen LogP contribution is 1.62. The van der Waals surface area contributed by atoms with Crippen molar-refractivity contribution < 1.29 is 0 Å². The molecule has 0 aliphatic rings. The van der Waals surface area contributed by atoms with Crippen LogP contribution in [0.25, 0.3) is 0 Å². The molecule has 1 heterocycles. The Morgan fingerprint density at radius 1 is 1.75 bits per heavy atom. The molecule has 0 spiro atoms. The van der Waals surface area contributed by atoms with Crippen LogP contribution in [0.3, 0.4) is 0 Å². The first-order chi connectivity index (χ1) is 3.80. The molecule has 0 unspecified atom stereocenters. The van der Waals surface area contributed by atoms with Crippen LogP contribution in [0.1, 0.15) is 0 Å². The number of hydrogen-bond acceptors (Lipinski definition) is 3. The van der Waals surface area contributed by atoms with Crippen molar-refractivity contribution in [3.05, 3.63) is 24.1 Å². The van der Waals surface area contributed by atoms with E-state index in [9.17, 15) is 0 Å². The first-order valence-electron chi connectivity index (χ1n) is 2.13. The summed E-state index contributed by atoms with van der Waals surface area (Å²) in [5.41, 5.74) is 0.201. The molecule has 42 valence electrons. The molecule has 0 aliphatic carbocycles. The fourth-order valence-corrected chi connectivity index (χ4v) is 0.371. The molecule has 1 aromatic rings. The van der Waals surface area contributed by atoms with Crippen LogP contribution in [0.5, 0.6) is 0 Å². The minimum Gasteiger partial charge on any atom is -0.338 e. The van der Waals surface area contributed by atoms with Gasteiger partial charge in [-0.2, -0.15) is 0 Å². The third kappa shape index (κ3) is 0.676. The predicted molar refractivity (Wildman–Crippen MR) is 28.2 cm³/mol. The van der Waals surface area contributed by atoms with Gasteiger partial charge in [-0.15, -0.1) is 0 Å². The molecule has 3 N–H and O–H groups in total. The van der Waals surface area contributed by atoms with Crippen LogP contribution in [0, 0.1) is 5.41 Å². The maximum atomic E-state index is 7.00. The Balaban J connectivity index is 3.35. The summed E-state index contributed by atoms with van der Waals surface area (Å²) in [4.78, 5) is 3.66. The Labute approximate surface area is 46.1 Å². The lowest BCUT2D eigenvalue weighted by Gasteiger charge is -1.91. The SMILES string of the molecule is N=c1cnccn1N. The molecule has 8 heavy (non-hydrogen) atoms. The number of aromatic nitrogens is 2. The Hall–Kier alpha value is -1.32. The van der Waals surface area contributed by atoms with Crippen molar-refractivity contribution in [2.45, 2.75) is 0 Å². The van der Waals surface area contributed by atoms with Crippen LogP contribution >= 0.6 is 0 Å². The Bertz CT molecular complexity index is 225. The molecule has 0 aromatic carbocycles. The minimum atomic E-state index is 0.201. The molecule has 0 atom stereocenters. The summed E-state index contributed by atoms with van der Waals surface area (Å²) in [6, 6.07) is 0. The summed E-state index contributed by atoms with van der Waals surface area (Å²) in [5, 5.41) is 7.00. The van der Waals surface area contributed by atoms with Gasteiger partial charge < -0.3 is 5.84 Å². The average Bonchev–Trinajstić information content (AvgIpc) is 1.77. The summed E-state index contributed by atoms with van der Waals surface area (Å²) < 4.78 is 1.19. The number of nitrogens with zero attached hydrogens (tertiary/aromatic N) is 2. The van der Waals surface area contributed by atoms with Gasteiger partial charge in [-0.05, 0) is 0 Å². The summed E-state index contributed by atoms with van der Waals surface area (Å²) >= 11 is 0. The average molecular weight is 110 g/mol. The lowest BCUT2D eigenvalue weighted by molar-refractivity contribution is 0.856. The van der Waals surface area contributed by atoms with Crippen LogP contribution in [0.4, 0.5) is 0 Å². The van der Waals surface area contributed by atoms with Crippen molar-refractivity contribution in [3.63, 3.8) is 0 Å². The summed E-state index contributed by atoms with van der Waals surface area (Å²) in [7, 11) is 0. The zero-order chi connectivity index (χ0) is 5.98. The summed E-state index contributed by atoms with van der Waals surface area (Å²) in [6.45, 7) is 0. The first-order valence-corrected chi connectivity index (χ1v) is 2.13. The van der Waals surface area contributed by atoms with E-state index in [1.54, 1.807) is 0 Å². The van der Waals surface area contributed by atoms with Crippen molar-refractivity contribution in [1.29, 1.82) is 5.41 Å². The summed E-state index contributed by atoms with van der Waals surface area (Å²) in [6.07, 6.45) is 4.42. The van der Waals surface area contributed by atoms with Gasteiger partial charge in [0, 0.05) is 12.4 Å². The van der Waals surface area contributed by atoms with Gasteiger partial charge in [0.2, 0.25) is 0 Å². The molecule has 1 aromatic heterocycles. The van der Waals surface area contributed by atoms with Crippen molar-refractivity contribution in [1.82, 2.24) is 9.66 Å². The fraction of sp³-hybridized carbons (Fsp3) is 0. The minimum absolute atomic E-state index is 0.201. The predicted octanol–water partition coefficient (Wildman–Crippen LogP) is -0.924. The number of nitrogens with two attached hydrogens (primary N) is 1. The van der Waals surface area contributed by atoms with Gasteiger partial charge in [0.1, 0.15) is 0 Å². The zero-order valence-corrected chi connectivity index (χ0v) is 4.20. The van der Waals surface area contributed by atoms with Gasteiger partial charge in [-0.1, -0.05) is 0 Å². The van der Waals surface area contributed by atoms with Crippen LogP contribution < -0.4 is 11.3 Å². The van der Waals surface area contributed by atoms with E-state index in [1.165, 1.54) is 23.3 Å². The van der Waals surface area contributed by atoms with E-state index in [2.05, 4.69) is 4.98 Å². The molecule has 0 bridgehead atoms. The van der Waals surface area contributed by atoms with Crippen molar-refractivity contribution >= 4 is 0 Å². The molecule has 0 fully saturated rings. The monoisotopic (exact) mass is 110 g/mol. The molecule has 0 radical (unpaired) electrons. The Morgan fingerprint density at radius 2 is 2.50 bits per heavy atom. The quantitative estimate of drug-likeness (QED) is 0.424. The van der Waals surface area contributed by atoms with Gasteiger partial charge in [0.25, 0.3) is 0 Å². The number of rotatable bonds is 0. The summed E-state index contributed by atoms with van der Waals surface area (Å²) in [5.74, 6) is 5.21. The number of nitrogen functional groups attached to an aromatic ring is 1. The van der Waals surface area contributed by atoms with E-state index in [0.717, 1.165) is 0 Å². The van der Waals surface area contributed by atoms with E-state index in [0.29, 0.717) is 0 Å². The fourth-order valence-electron chi connectivity index (χ4n) is 0.371. The van der Waals surface area contributed by atoms with Crippen molar-refractivity contribution in [2.75, 3.05) is 5.84 Å². The van der Waals surface area contributed by atoms with E-state index in [-0.39, 0.29) is 5.49 Å². The van der Waals surface area contributed by atoms with Gasteiger partial charge in [-0.3, -0.25) is 15.1 Å². The molecule has 0 saturated heterocycles. The van der Waals surface area contributed by atoms with Crippen LogP contribution in [-0.4, -0.2) is 9.66 Å². The molecular formula is C4H6N4. The van der Waals surface area contributed by atoms with Gasteiger partial charge in [0.05, 0.1) is 6.20 Å².